The molecule has 130 valence electrons. The third-order valence-corrected chi connectivity index (χ3v) is 7.16. The quantitative estimate of drug-likeness (QED) is 0.740. The number of amides is 1. The monoisotopic (exact) mass is 351 g/mol. The molecule has 2 aromatic rings. The van der Waals surface area contributed by atoms with Gasteiger partial charge in [0.05, 0.1) is 0 Å². The average Bonchev–Trinajstić information content (AvgIpc) is 2.64. The second kappa shape index (κ2) is 6.53. The molecule has 4 rings (SSSR count). The number of hydrogen-bond acceptors (Lipinski definition) is 2. The molecule has 0 bridgehead atoms. The summed E-state index contributed by atoms with van der Waals surface area (Å²) < 4.78 is 0. The van der Waals surface area contributed by atoms with Gasteiger partial charge in [0.2, 0.25) is 5.91 Å². The Bertz CT molecular complexity index is 788. The van der Waals surface area contributed by atoms with E-state index in [1.807, 2.05) is 23.7 Å². The Kier molecular flexibility index (Phi) is 4.36. The van der Waals surface area contributed by atoms with E-state index in [1.54, 1.807) is 0 Å². The number of nitrogens with zero attached hydrogens (tertiary/aromatic N) is 1. The summed E-state index contributed by atoms with van der Waals surface area (Å²) in [4.78, 5) is 15.4. The van der Waals surface area contributed by atoms with Crippen LogP contribution in [0.15, 0.2) is 53.4 Å². The Balaban J connectivity index is 1.57. The van der Waals surface area contributed by atoms with Gasteiger partial charge < -0.3 is 4.90 Å². The van der Waals surface area contributed by atoms with Crippen LogP contribution in [0.25, 0.3) is 0 Å². The van der Waals surface area contributed by atoms with E-state index in [-0.39, 0.29) is 5.41 Å². The highest BCUT2D eigenvalue weighted by Gasteiger charge is 2.46. The van der Waals surface area contributed by atoms with Crippen molar-refractivity contribution in [2.75, 3.05) is 7.05 Å². The van der Waals surface area contributed by atoms with E-state index >= 15 is 0 Å². The lowest BCUT2D eigenvalue weighted by molar-refractivity contribution is -0.138. The first kappa shape index (κ1) is 16.7. The molecule has 1 aliphatic heterocycles. The molecule has 0 N–H and O–H groups in total. The van der Waals surface area contributed by atoms with Crippen molar-refractivity contribution in [2.45, 2.75) is 54.7 Å². The van der Waals surface area contributed by atoms with Crippen molar-refractivity contribution >= 4 is 17.7 Å². The highest BCUT2D eigenvalue weighted by atomic mass is 32.2. The lowest BCUT2D eigenvalue weighted by Gasteiger charge is -2.50. The van der Waals surface area contributed by atoms with Crippen LogP contribution in [0.4, 0.5) is 0 Å². The molecule has 1 saturated heterocycles. The Morgan fingerprint density at radius 2 is 1.96 bits per heavy atom. The van der Waals surface area contributed by atoms with E-state index in [9.17, 15) is 4.79 Å². The Hall–Kier alpha value is -1.74. The van der Waals surface area contributed by atoms with Gasteiger partial charge in [-0.15, -0.1) is 11.8 Å². The lowest BCUT2D eigenvalue weighted by atomic mass is 9.63. The molecule has 1 amide bonds. The van der Waals surface area contributed by atoms with Crippen LogP contribution in [0.2, 0.25) is 0 Å². The number of likely N-dealkylation sites (N-methyl/N-ethyl adjacent to an activating group) is 1. The standard InChI is InChI=1S/C22H25NOS/c1-22-13-12-21(24)23(2)20(22)11-9-17-14-16(8-10-19(17)22)15-25-18-6-4-3-5-7-18/h3-8,10,14,20H,9,11-13,15H2,1-2H3/t20-,22-/m1/s1. The zero-order chi connectivity index (χ0) is 17.4. The summed E-state index contributed by atoms with van der Waals surface area (Å²) >= 11 is 1.89. The van der Waals surface area contributed by atoms with Gasteiger partial charge in [0, 0.05) is 35.6 Å². The minimum atomic E-state index is 0.112. The Morgan fingerprint density at radius 3 is 2.76 bits per heavy atom. The zero-order valence-electron chi connectivity index (χ0n) is 15.0. The number of likely N-dealkylation sites (tertiary alicyclic amines) is 1. The van der Waals surface area contributed by atoms with Gasteiger partial charge in [-0.3, -0.25) is 4.79 Å². The molecule has 2 atom stereocenters. The smallest absolute Gasteiger partial charge is 0.222 e. The largest absolute Gasteiger partial charge is 0.342 e. The fraction of sp³-hybridized carbons (Fsp3) is 0.409. The molecule has 1 aliphatic carbocycles. The van der Waals surface area contributed by atoms with Crippen molar-refractivity contribution in [1.29, 1.82) is 0 Å². The lowest BCUT2D eigenvalue weighted by Crippen LogP contribution is -2.56. The van der Waals surface area contributed by atoms with Crippen molar-refractivity contribution in [1.82, 2.24) is 4.90 Å². The van der Waals surface area contributed by atoms with Gasteiger partial charge in [0.1, 0.15) is 0 Å². The van der Waals surface area contributed by atoms with Crippen LogP contribution in [0.3, 0.4) is 0 Å². The molecule has 0 aromatic heterocycles. The molecule has 2 aromatic carbocycles. The summed E-state index contributed by atoms with van der Waals surface area (Å²) in [5, 5.41) is 0. The van der Waals surface area contributed by atoms with E-state index < -0.39 is 0 Å². The Morgan fingerprint density at radius 1 is 1.16 bits per heavy atom. The first-order valence-electron chi connectivity index (χ1n) is 9.14. The van der Waals surface area contributed by atoms with Crippen LogP contribution in [0, 0.1) is 0 Å². The third-order valence-electron chi connectivity index (χ3n) is 6.08. The van der Waals surface area contributed by atoms with Gasteiger partial charge in [0.15, 0.2) is 0 Å². The number of carbonyl (C=O) groups excluding carboxylic acids is 1. The van der Waals surface area contributed by atoms with Crippen molar-refractivity contribution in [2.24, 2.45) is 0 Å². The van der Waals surface area contributed by atoms with Crippen molar-refractivity contribution in [3.63, 3.8) is 0 Å². The normalized spacial score (nSPS) is 25.4. The van der Waals surface area contributed by atoms with Crippen LogP contribution < -0.4 is 0 Å². The summed E-state index contributed by atoms with van der Waals surface area (Å²) in [5.41, 5.74) is 4.47. The number of fused-ring (bicyclic) bond motifs is 3. The van der Waals surface area contributed by atoms with Gasteiger partial charge in [-0.25, -0.2) is 0 Å². The number of hydrogen-bond donors (Lipinski definition) is 0. The number of benzene rings is 2. The van der Waals surface area contributed by atoms with Gasteiger partial charge >= 0.3 is 0 Å². The predicted molar refractivity (Wildman–Crippen MR) is 104 cm³/mol. The van der Waals surface area contributed by atoms with Crippen LogP contribution in [-0.4, -0.2) is 23.9 Å². The Labute approximate surface area is 154 Å². The SMILES string of the molecule is CN1C(=O)CC[C@]2(C)c3ccc(CSc4ccccc4)cc3CC[C@@H]12. The highest BCUT2D eigenvalue weighted by molar-refractivity contribution is 7.98. The maximum Gasteiger partial charge on any atom is 0.222 e. The molecule has 25 heavy (non-hydrogen) atoms. The molecule has 1 heterocycles. The topological polar surface area (TPSA) is 20.3 Å². The van der Waals surface area contributed by atoms with E-state index in [2.05, 4.69) is 55.5 Å². The van der Waals surface area contributed by atoms with Crippen LogP contribution in [0.5, 0.6) is 0 Å². The van der Waals surface area contributed by atoms with E-state index in [1.165, 1.54) is 21.6 Å². The number of aryl methyl sites for hydroxylation is 1. The summed E-state index contributed by atoms with van der Waals surface area (Å²) in [5.74, 6) is 1.32. The molecule has 2 aliphatic rings. The van der Waals surface area contributed by atoms with Crippen LogP contribution in [-0.2, 0) is 22.4 Å². The van der Waals surface area contributed by atoms with E-state index in [0.29, 0.717) is 18.4 Å². The van der Waals surface area contributed by atoms with Crippen molar-refractivity contribution in [3.05, 3.63) is 65.2 Å². The number of rotatable bonds is 3. The number of carbonyl (C=O) groups is 1. The zero-order valence-corrected chi connectivity index (χ0v) is 15.8. The molecule has 0 spiro atoms. The number of thioether (sulfide) groups is 1. The summed E-state index contributed by atoms with van der Waals surface area (Å²) in [6.07, 6.45) is 3.82. The predicted octanol–water partition coefficient (Wildman–Crippen LogP) is 4.80. The molecule has 0 unspecified atom stereocenters. The highest BCUT2D eigenvalue weighted by Crippen LogP contribution is 2.45. The maximum atomic E-state index is 12.1. The van der Waals surface area contributed by atoms with Gasteiger partial charge in [0.25, 0.3) is 0 Å². The first-order chi connectivity index (χ1) is 12.1. The maximum absolute atomic E-state index is 12.1. The van der Waals surface area contributed by atoms with Gasteiger partial charge in [-0.05, 0) is 48.1 Å². The van der Waals surface area contributed by atoms with Crippen molar-refractivity contribution in [3.8, 4) is 0 Å². The van der Waals surface area contributed by atoms with Crippen molar-refractivity contribution < 1.29 is 4.79 Å². The average molecular weight is 352 g/mol. The van der Waals surface area contributed by atoms with E-state index in [4.69, 9.17) is 0 Å². The molecule has 3 heteroatoms. The minimum Gasteiger partial charge on any atom is -0.342 e. The summed E-state index contributed by atoms with van der Waals surface area (Å²) in [7, 11) is 1.99. The van der Waals surface area contributed by atoms with Gasteiger partial charge in [-0.1, -0.05) is 43.3 Å². The molecule has 0 saturated carbocycles. The minimum absolute atomic E-state index is 0.112. The summed E-state index contributed by atoms with van der Waals surface area (Å²) in [6.45, 7) is 2.36. The second-order valence-corrected chi connectivity index (χ2v) is 8.62. The van der Waals surface area contributed by atoms with E-state index in [0.717, 1.165) is 25.0 Å². The third kappa shape index (κ3) is 2.99. The van der Waals surface area contributed by atoms with Crippen LogP contribution >= 0.6 is 11.8 Å². The number of piperidine rings is 1. The second-order valence-electron chi connectivity index (χ2n) is 7.57. The molecular formula is C22H25NOS. The molecule has 0 radical (unpaired) electrons. The van der Waals surface area contributed by atoms with Gasteiger partial charge in [-0.2, -0.15) is 0 Å². The molecule has 2 nitrogen and oxygen atoms in total. The summed E-state index contributed by atoms with van der Waals surface area (Å²) in [6, 6.07) is 18.0. The fourth-order valence-corrected chi connectivity index (χ4v) is 5.48. The molecule has 1 fully saturated rings. The van der Waals surface area contributed by atoms with Crippen LogP contribution in [0.1, 0.15) is 42.9 Å². The fourth-order valence-electron chi connectivity index (χ4n) is 4.61. The molecular weight excluding hydrogens is 326 g/mol. The first-order valence-corrected chi connectivity index (χ1v) is 10.1.